The van der Waals surface area contributed by atoms with E-state index in [0.29, 0.717) is 11.6 Å². The molecule has 7 aromatic rings. The first-order valence-corrected chi connectivity index (χ1v) is 23.2. The van der Waals surface area contributed by atoms with Crippen LogP contribution in [-0.4, -0.2) is 21.1 Å². The maximum absolute atomic E-state index is 7.09. The number of benzene rings is 4. The van der Waals surface area contributed by atoms with Crippen LogP contribution in [0.4, 0.5) is 0 Å². The Morgan fingerprint density at radius 1 is 0.656 bits per heavy atom. The van der Waals surface area contributed by atoms with Crippen molar-refractivity contribution >= 4 is 44.4 Å². The standard InChI is InChI=1S/C58H45N3O3/c1-2-14-34-32-46-35(31-33(34)13-1)27-28-38(36-15-3-4-16-37(36)46)40-29-30-41-39-17-5-8-22-47(39)64-55(41)54(40)58-60-56(44-20-11-25-50-52(44)42-18-6-9-23-48(42)62-50)59-57(61-58)45-21-12-26-51-53(45)43-19-7-10-24-49(43)63-51/h1-9,11-19,21-23,25-26,31-32,36-38,42,44,48H,10,20,24,27-30H2. The summed E-state index contributed by atoms with van der Waals surface area (Å²) in [6, 6.07) is 28.6. The lowest BCUT2D eigenvalue weighted by Gasteiger charge is -2.34. The molecule has 3 aromatic heterocycles. The van der Waals surface area contributed by atoms with Crippen molar-refractivity contribution < 1.29 is 13.6 Å². The molecule has 6 aliphatic carbocycles. The van der Waals surface area contributed by atoms with Crippen LogP contribution < -0.4 is 0 Å². The van der Waals surface area contributed by atoms with Crippen LogP contribution in [0.3, 0.4) is 0 Å². The van der Waals surface area contributed by atoms with Gasteiger partial charge in [0.25, 0.3) is 0 Å². The van der Waals surface area contributed by atoms with Crippen LogP contribution in [0.15, 0.2) is 171 Å². The summed E-state index contributed by atoms with van der Waals surface area (Å²) in [6.45, 7) is 0. The molecule has 6 heteroatoms. The van der Waals surface area contributed by atoms with Gasteiger partial charge >= 0.3 is 0 Å². The number of hydrogen-bond donors (Lipinski definition) is 0. The van der Waals surface area contributed by atoms with Crippen molar-refractivity contribution in [3.05, 3.63) is 208 Å². The molecule has 0 fully saturated rings. The number of furan rings is 2. The summed E-state index contributed by atoms with van der Waals surface area (Å²) in [7, 11) is 0. The summed E-state index contributed by atoms with van der Waals surface area (Å²) in [4.78, 5) is 16.9. The van der Waals surface area contributed by atoms with Gasteiger partial charge in [-0.2, -0.15) is 0 Å². The molecule has 7 aliphatic rings. The van der Waals surface area contributed by atoms with Gasteiger partial charge in [-0.1, -0.05) is 133 Å². The SMILES string of the molecule is C1=CC2OC3=C(C(c4nc(C5=C(C6CCc7cc8ccccc8cc7C7C=CC=CC67)CCc6c5oc5ccccc65)nc(-c5cccc6oc7c(c56)C=CCC7)n4)CC=C3)C2C=C1. The first-order chi connectivity index (χ1) is 31.7. The number of aromatic nitrogens is 3. The van der Waals surface area contributed by atoms with Crippen LogP contribution >= 0.6 is 0 Å². The molecular weight excluding hydrogens is 787 g/mol. The number of para-hydroxylation sites is 1. The van der Waals surface area contributed by atoms with Crippen LogP contribution in [0, 0.1) is 17.8 Å². The molecule has 4 aromatic carbocycles. The third-order valence-electron chi connectivity index (χ3n) is 15.2. The van der Waals surface area contributed by atoms with Crippen molar-refractivity contribution in [1.29, 1.82) is 0 Å². The fourth-order valence-corrected chi connectivity index (χ4v) is 12.3. The van der Waals surface area contributed by atoms with Gasteiger partial charge in [-0.15, -0.1) is 0 Å². The lowest BCUT2D eigenvalue weighted by atomic mass is 9.69. The van der Waals surface area contributed by atoms with Crippen molar-refractivity contribution in [3.8, 4) is 11.4 Å². The average Bonchev–Trinajstić information content (AvgIpc) is 4.02. The van der Waals surface area contributed by atoms with E-state index < -0.39 is 0 Å². The van der Waals surface area contributed by atoms with E-state index >= 15 is 0 Å². The Hall–Kier alpha value is -7.05. The predicted molar refractivity (Wildman–Crippen MR) is 253 cm³/mol. The third-order valence-corrected chi connectivity index (χ3v) is 15.2. The molecule has 0 radical (unpaired) electrons. The second-order valence-corrected chi connectivity index (χ2v) is 18.5. The molecule has 0 N–H and O–H groups in total. The molecule has 14 rings (SSSR count). The molecule has 6 nitrogen and oxygen atoms in total. The molecule has 6 unspecified atom stereocenters. The van der Waals surface area contributed by atoms with E-state index in [2.05, 4.69) is 152 Å². The summed E-state index contributed by atoms with van der Waals surface area (Å²) in [5.41, 5.74) is 11.7. The average molecular weight is 832 g/mol. The van der Waals surface area contributed by atoms with E-state index in [4.69, 9.17) is 28.5 Å². The number of rotatable bonds is 4. The minimum atomic E-state index is -0.0934. The maximum Gasteiger partial charge on any atom is 0.167 e. The van der Waals surface area contributed by atoms with Gasteiger partial charge < -0.3 is 13.6 Å². The van der Waals surface area contributed by atoms with E-state index in [1.807, 2.05) is 0 Å². The molecule has 0 spiro atoms. The predicted octanol–water partition coefficient (Wildman–Crippen LogP) is 13.4. The fraction of sp³-hybridized carbons (Fsp3) is 0.224. The second-order valence-electron chi connectivity index (χ2n) is 18.5. The number of nitrogens with zero attached hydrogens (tertiary/aromatic N) is 3. The molecule has 6 atom stereocenters. The van der Waals surface area contributed by atoms with E-state index in [-0.39, 0.29) is 35.7 Å². The third kappa shape index (κ3) is 5.54. The van der Waals surface area contributed by atoms with E-state index in [1.165, 1.54) is 44.0 Å². The van der Waals surface area contributed by atoms with E-state index in [0.717, 1.165) is 101 Å². The normalized spacial score (nSPS) is 25.0. The highest BCUT2D eigenvalue weighted by atomic mass is 16.5. The number of aryl methyl sites for hydroxylation is 3. The van der Waals surface area contributed by atoms with Crippen molar-refractivity contribution in [3.63, 3.8) is 0 Å². The zero-order chi connectivity index (χ0) is 41.9. The highest BCUT2D eigenvalue weighted by Crippen LogP contribution is 2.52. The second kappa shape index (κ2) is 14.2. The fourth-order valence-electron chi connectivity index (χ4n) is 12.3. The molecule has 0 amide bonds. The van der Waals surface area contributed by atoms with Crippen LogP contribution in [0.25, 0.3) is 55.7 Å². The molecule has 0 bridgehead atoms. The highest BCUT2D eigenvalue weighted by molar-refractivity contribution is 6.00. The number of allylic oxidation sites excluding steroid dienone is 10. The molecule has 4 heterocycles. The van der Waals surface area contributed by atoms with Gasteiger partial charge in [-0.3, -0.25) is 0 Å². The van der Waals surface area contributed by atoms with E-state index in [1.54, 1.807) is 0 Å². The lowest BCUT2D eigenvalue weighted by molar-refractivity contribution is 0.173. The summed E-state index contributed by atoms with van der Waals surface area (Å²) in [5, 5.41) is 4.83. The van der Waals surface area contributed by atoms with Crippen LogP contribution in [-0.2, 0) is 24.0 Å². The molecule has 0 saturated heterocycles. The minimum Gasteiger partial charge on any atom is -0.485 e. The molecule has 0 saturated carbocycles. The topological polar surface area (TPSA) is 74.2 Å². The highest BCUT2D eigenvalue weighted by Gasteiger charge is 2.43. The largest absolute Gasteiger partial charge is 0.485 e. The van der Waals surface area contributed by atoms with Crippen LogP contribution in [0.1, 0.15) is 82.9 Å². The van der Waals surface area contributed by atoms with Crippen LogP contribution in [0.5, 0.6) is 0 Å². The Bertz CT molecular complexity index is 3400. The molecule has 64 heavy (non-hydrogen) atoms. The van der Waals surface area contributed by atoms with Gasteiger partial charge in [0.15, 0.2) is 11.6 Å². The van der Waals surface area contributed by atoms with Crippen molar-refractivity contribution in [2.24, 2.45) is 17.8 Å². The molecule has 1 aliphatic heterocycles. The van der Waals surface area contributed by atoms with Gasteiger partial charge in [0.1, 0.15) is 40.4 Å². The smallest absolute Gasteiger partial charge is 0.167 e. The Kier molecular flexibility index (Phi) is 8.10. The van der Waals surface area contributed by atoms with Crippen molar-refractivity contribution in [2.45, 2.75) is 62.9 Å². The maximum atomic E-state index is 7.09. The van der Waals surface area contributed by atoms with Crippen molar-refractivity contribution in [1.82, 2.24) is 15.0 Å². The van der Waals surface area contributed by atoms with Gasteiger partial charge in [0, 0.05) is 51.6 Å². The Balaban J connectivity index is 1.02. The van der Waals surface area contributed by atoms with Crippen LogP contribution in [0.2, 0.25) is 0 Å². The minimum absolute atomic E-state index is 0.0349. The summed E-state index contributed by atoms with van der Waals surface area (Å²) < 4.78 is 20.2. The zero-order valence-electron chi connectivity index (χ0n) is 35.4. The number of hydrogen-bond acceptors (Lipinski definition) is 6. The van der Waals surface area contributed by atoms with Gasteiger partial charge in [0.05, 0.1) is 5.57 Å². The van der Waals surface area contributed by atoms with Gasteiger partial charge in [0.2, 0.25) is 0 Å². The monoisotopic (exact) mass is 831 g/mol. The number of fused-ring (bicyclic) bond motifs is 12. The summed E-state index contributed by atoms with van der Waals surface area (Å²) in [6.07, 6.45) is 33.4. The Morgan fingerprint density at radius 3 is 2.44 bits per heavy atom. The van der Waals surface area contributed by atoms with E-state index in [9.17, 15) is 0 Å². The zero-order valence-corrected chi connectivity index (χ0v) is 35.4. The first kappa shape index (κ1) is 36.4. The lowest BCUT2D eigenvalue weighted by Crippen LogP contribution is -2.25. The quantitative estimate of drug-likeness (QED) is 0.176. The summed E-state index contributed by atoms with van der Waals surface area (Å²) >= 11 is 0. The Labute approximate surface area is 371 Å². The first-order valence-electron chi connectivity index (χ1n) is 23.2. The summed E-state index contributed by atoms with van der Waals surface area (Å²) in [5.74, 6) is 5.74. The molecular formula is C58H45N3O3. The Morgan fingerprint density at radius 2 is 1.48 bits per heavy atom. The number of ether oxygens (including phenoxy) is 1. The van der Waals surface area contributed by atoms with Gasteiger partial charge in [-0.25, -0.2) is 15.0 Å². The molecule has 310 valence electrons. The van der Waals surface area contributed by atoms with Crippen molar-refractivity contribution in [2.75, 3.05) is 0 Å². The van der Waals surface area contributed by atoms with Gasteiger partial charge in [-0.05, 0) is 102 Å².